The molecule has 14 nitrogen and oxygen atoms in total. The predicted molar refractivity (Wildman–Crippen MR) is 245 cm³/mol. The second-order valence-electron chi connectivity index (χ2n) is 18.0. The highest BCUT2D eigenvalue weighted by Crippen LogP contribution is 2.30. The Kier molecular flexibility index (Phi) is 20.8. The molecule has 5 N–H and O–H groups in total. The minimum Gasteiger partial charge on any atom is -0.399 e. The summed E-state index contributed by atoms with van der Waals surface area (Å²) in [4.78, 5) is 75.3. The van der Waals surface area contributed by atoms with Crippen molar-refractivity contribution < 1.29 is 33.4 Å². The molecule has 62 heavy (non-hydrogen) atoms. The van der Waals surface area contributed by atoms with Gasteiger partial charge in [-0.25, -0.2) is 0 Å². The number of rotatable bonds is 24. The zero-order valence-corrected chi connectivity index (χ0v) is 39.5. The fraction of sp³-hybridized carbons (Fsp3) is 0.646. The molecule has 5 amide bonds. The van der Waals surface area contributed by atoms with Crippen LogP contribution in [0.2, 0.25) is 0 Å². The monoisotopic (exact) mass is 864 g/mol. The lowest BCUT2D eigenvalue weighted by atomic mass is 9.89. The number of hydrogen-bond donors (Lipinski definition) is 4. The lowest BCUT2D eigenvalue weighted by Crippen LogP contribution is -2.59. The molecule has 1 aliphatic heterocycles. The summed E-state index contributed by atoms with van der Waals surface area (Å²) in [6, 6.07) is 14.1. The average Bonchev–Trinajstić information content (AvgIpc) is 3.72. The standard InChI is InChI=1S/C48H77N7O7/c1-13-32(6)43(54(10)48(60)41(30(2)3)52-47(59)42(31(4)5)53(8)9)39(61-11)29-40(56)55-27-17-20-38(55)44(62-12)33(7)45(57)51-37(28-35-21-23-36(49)24-22-35)46(58)50-26-25-34-18-15-14-16-19-34/h14-16,18-19,21-24,30-33,37-39,41-44H,13,17,20,25-29,49H2,1-12H3,(H,50,58)(H,51,57)(H,52,59)/t32-,33+,37?,38-,39+,41?,42-,43?,44+/m0/s1. The third kappa shape index (κ3) is 14.2. The Morgan fingerprint density at radius 2 is 1.47 bits per heavy atom. The van der Waals surface area contributed by atoms with Gasteiger partial charge in [0.15, 0.2) is 0 Å². The number of nitrogens with two attached hydrogens (primary N) is 1. The Hall–Kier alpha value is -4.53. The highest BCUT2D eigenvalue weighted by molar-refractivity contribution is 5.91. The molecule has 9 atom stereocenters. The largest absolute Gasteiger partial charge is 0.399 e. The molecule has 2 aromatic rings. The van der Waals surface area contributed by atoms with Gasteiger partial charge in [0.05, 0.1) is 42.7 Å². The van der Waals surface area contributed by atoms with Crippen LogP contribution in [-0.4, -0.2) is 135 Å². The van der Waals surface area contributed by atoms with Crippen LogP contribution in [0.15, 0.2) is 54.6 Å². The van der Waals surface area contributed by atoms with Crippen molar-refractivity contribution in [3.05, 3.63) is 65.7 Å². The molecule has 0 bridgehead atoms. The second-order valence-corrected chi connectivity index (χ2v) is 18.0. The smallest absolute Gasteiger partial charge is 0.245 e. The molecular formula is C48H77N7O7. The van der Waals surface area contributed by atoms with E-state index in [2.05, 4.69) is 16.0 Å². The lowest BCUT2D eigenvalue weighted by molar-refractivity contribution is -0.148. The Morgan fingerprint density at radius 1 is 0.823 bits per heavy atom. The molecule has 0 radical (unpaired) electrons. The molecule has 3 unspecified atom stereocenters. The number of ether oxygens (including phenoxy) is 2. The van der Waals surface area contributed by atoms with Crippen molar-refractivity contribution in [1.29, 1.82) is 0 Å². The molecule has 0 aromatic heterocycles. The van der Waals surface area contributed by atoms with E-state index < -0.39 is 48.3 Å². The topological polar surface area (TPSA) is 176 Å². The number of likely N-dealkylation sites (N-methyl/N-ethyl adjacent to an activating group) is 2. The molecule has 1 heterocycles. The van der Waals surface area contributed by atoms with Crippen LogP contribution in [-0.2, 0) is 46.3 Å². The van der Waals surface area contributed by atoms with E-state index in [9.17, 15) is 24.0 Å². The third-order valence-corrected chi connectivity index (χ3v) is 12.6. The van der Waals surface area contributed by atoms with Crippen LogP contribution in [0.3, 0.4) is 0 Å². The first-order chi connectivity index (χ1) is 29.4. The number of anilines is 1. The molecule has 0 saturated carbocycles. The van der Waals surface area contributed by atoms with Gasteiger partial charge in [-0.05, 0) is 74.4 Å². The first-order valence-corrected chi connectivity index (χ1v) is 22.4. The van der Waals surface area contributed by atoms with E-state index in [1.807, 2.05) is 103 Å². The van der Waals surface area contributed by atoms with Crippen molar-refractivity contribution in [1.82, 2.24) is 30.7 Å². The van der Waals surface area contributed by atoms with Crippen molar-refractivity contribution in [2.24, 2.45) is 23.7 Å². The molecule has 1 fully saturated rings. The maximum atomic E-state index is 14.4. The summed E-state index contributed by atoms with van der Waals surface area (Å²) in [5, 5.41) is 9.05. The number of likely N-dealkylation sites (tertiary alicyclic amines) is 1. The number of nitrogens with zero attached hydrogens (tertiary/aromatic N) is 3. The van der Waals surface area contributed by atoms with Gasteiger partial charge >= 0.3 is 0 Å². The summed E-state index contributed by atoms with van der Waals surface area (Å²) in [6.07, 6.45) is 1.65. The van der Waals surface area contributed by atoms with Crippen molar-refractivity contribution in [2.45, 2.75) is 129 Å². The van der Waals surface area contributed by atoms with Gasteiger partial charge in [-0.3, -0.25) is 28.9 Å². The van der Waals surface area contributed by atoms with E-state index in [-0.39, 0.29) is 60.1 Å². The number of hydrogen-bond acceptors (Lipinski definition) is 9. The number of carbonyl (C=O) groups excluding carboxylic acids is 5. The van der Waals surface area contributed by atoms with Crippen LogP contribution in [0, 0.1) is 23.7 Å². The van der Waals surface area contributed by atoms with Crippen LogP contribution < -0.4 is 21.7 Å². The summed E-state index contributed by atoms with van der Waals surface area (Å²) >= 11 is 0. The van der Waals surface area contributed by atoms with E-state index in [0.29, 0.717) is 31.6 Å². The van der Waals surface area contributed by atoms with Crippen molar-refractivity contribution in [2.75, 3.05) is 54.2 Å². The summed E-state index contributed by atoms with van der Waals surface area (Å²) in [5.41, 5.74) is 8.46. The lowest BCUT2D eigenvalue weighted by Gasteiger charge is -2.41. The Morgan fingerprint density at radius 3 is 2.02 bits per heavy atom. The highest BCUT2D eigenvalue weighted by Gasteiger charge is 2.43. The second kappa shape index (κ2) is 24.9. The molecule has 0 spiro atoms. The number of benzene rings is 2. The van der Waals surface area contributed by atoms with Crippen LogP contribution in [0.25, 0.3) is 0 Å². The first kappa shape index (κ1) is 51.8. The van der Waals surface area contributed by atoms with Crippen LogP contribution in [0.1, 0.15) is 85.3 Å². The van der Waals surface area contributed by atoms with Gasteiger partial charge in [0, 0.05) is 46.5 Å². The van der Waals surface area contributed by atoms with Crippen LogP contribution >= 0.6 is 0 Å². The van der Waals surface area contributed by atoms with Gasteiger partial charge in [-0.15, -0.1) is 0 Å². The summed E-state index contributed by atoms with van der Waals surface area (Å²) in [7, 11) is 8.54. The quantitative estimate of drug-likeness (QED) is 0.112. The zero-order valence-electron chi connectivity index (χ0n) is 39.5. The van der Waals surface area contributed by atoms with Crippen LogP contribution in [0.4, 0.5) is 5.69 Å². The number of nitrogen functional groups attached to an aromatic ring is 1. The maximum absolute atomic E-state index is 14.4. The summed E-state index contributed by atoms with van der Waals surface area (Å²) in [5.74, 6) is -2.20. The number of methoxy groups -OCH3 is 2. The van der Waals surface area contributed by atoms with Gasteiger partial charge in [-0.1, -0.05) is 97.4 Å². The third-order valence-electron chi connectivity index (χ3n) is 12.6. The van der Waals surface area contributed by atoms with Crippen molar-refractivity contribution in [3.8, 4) is 0 Å². The van der Waals surface area contributed by atoms with Crippen molar-refractivity contribution in [3.63, 3.8) is 0 Å². The first-order valence-electron chi connectivity index (χ1n) is 22.4. The normalized spacial score (nSPS) is 18.0. The summed E-state index contributed by atoms with van der Waals surface area (Å²) in [6.45, 7) is 14.5. The van der Waals surface area contributed by atoms with E-state index in [4.69, 9.17) is 15.2 Å². The predicted octanol–water partition coefficient (Wildman–Crippen LogP) is 4.30. The molecule has 346 valence electrons. The Labute approximate surface area is 371 Å². The van der Waals surface area contributed by atoms with E-state index >= 15 is 0 Å². The minimum absolute atomic E-state index is 0.00177. The molecule has 0 aliphatic carbocycles. The van der Waals surface area contributed by atoms with Gasteiger partial charge < -0.3 is 41.0 Å². The number of nitrogens with one attached hydrogen (secondary N) is 3. The molecule has 2 aromatic carbocycles. The molecule has 14 heteroatoms. The van der Waals surface area contributed by atoms with Crippen molar-refractivity contribution >= 4 is 35.2 Å². The molecular weight excluding hydrogens is 787 g/mol. The molecule has 1 saturated heterocycles. The fourth-order valence-corrected chi connectivity index (χ4v) is 8.91. The minimum atomic E-state index is -0.865. The number of amides is 5. The van der Waals surface area contributed by atoms with E-state index in [0.717, 1.165) is 24.0 Å². The van der Waals surface area contributed by atoms with Gasteiger partial charge in [0.1, 0.15) is 12.1 Å². The molecule has 3 rings (SSSR count). The SMILES string of the molecule is CC[C@H](C)C([C@@H](CC(=O)N1CCC[C@H]1[C@H](OC)[C@@H](C)C(=O)NC(Cc1ccc(N)cc1)C(=O)NCCc1ccccc1)OC)N(C)C(=O)C(NC(=O)[C@H](C(C)C)N(C)C)C(C)C. The highest BCUT2D eigenvalue weighted by atomic mass is 16.5. The number of carbonyl (C=O) groups is 5. The van der Waals surface area contributed by atoms with Gasteiger partial charge in [0.25, 0.3) is 0 Å². The van der Waals surface area contributed by atoms with E-state index in [1.54, 1.807) is 50.1 Å². The maximum Gasteiger partial charge on any atom is 0.245 e. The van der Waals surface area contributed by atoms with Gasteiger partial charge in [0.2, 0.25) is 29.5 Å². The van der Waals surface area contributed by atoms with Crippen LogP contribution in [0.5, 0.6) is 0 Å². The fourth-order valence-electron chi connectivity index (χ4n) is 8.91. The zero-order chi connectivity index (χ0) is 46.3. The molecule has 1 aliphatic rings. The average molecular weight is 864 g/mol. The Bertz CT molecular complexity index is 1720. The summed E-state index contributed by atoms with van der Waals surface area (Å²) < 4.78 is 12.1. The van der Waals surface area contributed by atoms with E-state index in [1.165, 1.54) is 0 Å². The van der Waals surface area contributed by atoms with Gasteiger partial charge in [-0.2, -0.15) is 0 Å². The Balaban J connectivity index is 1.79.